The number of nitrogens with zero attached hydrogens (tertiary/aromatic N) is 2. The summed E-state index contributed by atoms with van der Waals surface area (Å²) in [5.41, 5.74) is 4.58. The monoisotopic (exact) mass is 470 g/mol. The van der Waals surface area contributed by atoms with E-state index in [-0.39, 0.29) is 24.3 Å². The molecular weight excluding hydrogens is 440 g/mol. The maximum atomic E-state index is 13.5. The number of fused-ring (bicyclic) bond motifs is 1. The smallest absolute Gasteiger partial charge is 0.306 e. The van der Waals surface area contributed by atoms with Gasteiger partial charge in [-0.05, 0) is 53.3 Å². The highest BCUT2D eigenvalue weighted by molar-refractivity contribution is 6.07. The van der Waals surface area contributed by atoms with Gasteiger partial charge in [-0.25, -0.2) is 0 Å². The number of methoxy groups -OCH3 is 2. The largest absolute Gasteiger partial charge is 0.496 e. The molecule has 1 fully saturated rings. The van der Waals surface area contributed by atoms with Crippen LogP contribution in [0.2, 0.25) is 0 Å². The second-order valence-electron chi connectivity index (χ2n) is 9.78. The number of carbonyl (C=O) groups excluding carboxylic acids is 2. The second-order valence-corrected chi connectivity index (χ2v) is 9.78. The van der Waals surface area contributed by atoms with E-state index in [9.17, 15) is 9.59 Å². The molecule has 0 N–H and O–H groups in total. The fourth-order valence-corrected chi connectivity index (χ4v) is 6.47. The van der Waals surface area contributed by atoms with Crippen molar-refractivity contribution in [2.24, 2.45) is 0 Å². The molecule has 0 bridgehead atoms. The van der Waals surface area contributed by atoms with E-state index in [1.807, 2.05) is 29.2 Å². The summed E-state index contributed by atoms with van der Waals surface area (Å²) >= 11 is 0. The molecule has 180 valence electrons. The Morgan fingerprint density at radius 1 is 1.00 bits per heavy atom. The minimum Gasteiger partial charge on any atom is -0.496 e. The van der Waals surface area contributed by atoms with Crippen molar-refractivity contribution >= 4 is 28.3 Å². The van der Waals surface area contributed by atoms with Crippen LogP contribution in [0, 0.1) is 0 Å². The van der Waals surface area contributed by atoms with Gasteiger partial charge >= 0.3 is 5.97 Å². The van der Waals surface area contributed by atoms with Crippen LogP contribution in [-0.2, 0) is 20.7 Å². The lowest BCUT2D eigenvalue weighted by atomic mass is 9.97. The molecule has 0 spiro atoms. The SMILES string of the molecule is COC(=O)CC1C(=O)N(C2CCN(C3Cc4cccc5ccc(OC)c3c45)CC2)c2ccccc21. The third kappa shape index (κ3) is 3.50. The van der Waals surface area contributed by atoms with Crippen LogP contribution in [0.4, 0.5) is 5.69 Å². The second kappa shape index (κ2) is 8.68. The number of esters is 1. The molecule has 6 nitrogen and oxygen atoms in total. The van der Waals surface area contributed by atoms with Crippen molar-refractivity contribution in [1.82, 2.24) is 4.90 Å². The Morgan fingerprint density at radius 3 is 2.57 bits per heavy atom. The van der Waals surface area contributed by atoms with Gasteiger partial charge in [0.1, 0.15) is 5.75 Å². The number of likely N-dealkylation sites (tertiary alicyclic amines) is 1. The number of amides is 1. The van der Waals surface area contributed by atoms with E-state index in [0.717, 1.165) is 49.4 Å². The first kappa shape index (κ1) is 22.1. The number of carbonyl (C=O) groups is 2. The molecule has 2 unspecified atom stereocenters. The molecule has 1 aliphatic carbocycles. The molecule has 0 radical (unpaired) electrons. The number of ether oxygens (including phenoxy) is 2. The Labute approximate surface area is 205 Å². The Bertz CT molecular complexity index is 1310. The highest BCUT2D eigenvalue weighted by atomic mass is 16.5. The predicted octanol–water partition coefficient (Wildman–Crippen LogP) is 4.60. The first-order chi connectivity index (χ1) is 17.1. The summed E-state index contributed by atoms with van der Waals surface area (Å²) in [4.78, 5) is 30.0. The highest BCUT2D eigenvalue weighted by Crippen LogP contribution is 2.47. The molecule has 1 saturated heterocycles. The van der Waals surface area contributed by atoms with Gasteiger partial charge in [0.05, 0.1) is 26.6 Å². The van der Waals surface area contributed by atoms with E-state index < -0.39 is 5.92 Å². The average molecular weight is 471 g/mol. The molecule has 3 aromatic carbocycles. The number of hydrogen-bond acceptors (Lipinski definition) is 5. The topological polar surface area (TPSA) is 59.1 Å². The fourth-order valence-electron chi connectivity index (χ4n) is 6.47. The molecule has 35 heavy (non-hydrogen) atoms. The van der Waals surface area contributed by atoms with Crippen molar-refractivity contribution in [1.29, 1.82) is 0 Å². The van der Waals surface area contributed by atoms with Gasteiger partial charge in [-0.1, -0.05) is 42.5 Å². The molecule has 0 aromatic heterocycles. The van der Waals surface area contributed by atoms with Crippen LogP contribution in [-0.4, -0.2) is 50.1 Å². The van der Waals surface area contributed by atoms with Crippen LogP contribution in [0.1, 0.15) is 47.9 Å². The van der Waals surface area contributed by atoms with Gasteiger partial charge in [0.2, 0.25) is 5.91 Å². The van der Waals surface area contributed by atoms with Gasteiger partial charge in [0.15, 0.2) is 0 Å². The Balaban J connectivity index is 1.23. The van der Waals surface area contributed by atoms with Gasteiger partial charge in [-0.2, -0.15) is 0 Å². The summed E-state index contributed by atoms with van der Waals surface area (Å²) in [6, 6.07) is 19.1. The lowest BCUT2D eigenvalue weighted by Gasteiger charge is -2.40. The molecule has 2 heterocycles. The molecule has 3 aliphatic rings. The summed E-state index contributed by atoms with van der Waals surface area (Å²) in [6.07, 6.45) is 2.88. The van der Waals surface area contributed by atoms with Crippen molar-refractivity contribution < 1.29 is 19.1 Å². The van der Waals surface area contributed by atoms with E-state index >= 15 is 0 Å². The molecule has 6 heteroatoms. The molecule has 2 aliphatic heterocycles. The highest BCUT2D eigenvalue weighted by Gasteiger charge is 2.43. The standard InChI is InChI=1S/C29H30N2O4/c1-34-25-11-10-18-6-5-7-19-16-24(28(25)27(18)19)30-14-12-20(13-15-30)31-23-9-4-3-8-21(23)22(29(31)33)17-26(32)35-2/h3-11,20,22,24H,12-17H2,1-2H3. The Morgan fingerprint density at radius 2 is 1.80 bits per heavy atom. The van der Waals surface area contributed by atoms with E-state index in [2.05, 4.69) is 35.2 Å². The maximum absolute atomic E-state index is 13.5. The van der Waals surface area contributed by atoms with E-state index in [1.165, 1.54) is 29.0 Å². The minimum absolute atomic E-state index is 0.0229. The number of rotatable bonds is 5. The van der Waals surface area contributed by atoms with Crippen molar-refractivity contribution in [3.63, 3.8) is 0 Å². The number of benzene rings is 3. The van der Waals surface area contributed by atoms with E-state index in [4.69, 9.17) is 9.47 Å². The third-order valence-corrected chi connectivity index (χ3v) is 8.11. The third-order valence-electron chi connectivity index (χ3n) is 8.11. The molecule has 1 amide bonds. The first-order valence-corrected chi connectivity index (χ1v) is 12.4. The number of anilines is 1. The van der Waals surface area contributed by atoms with Gasteiger partial charge in [-0.3, -0.25) is 14.5 Å². The van der Waals surface area contributed by atoms with E-state index in [1.54, 1.807) is 7.11 Å². The zero-order chi connectivity index (χ0) is 24.1. The van der Waals surface area contributed by atoms with Crippen molar-refractivity contribution in [3.8, 4) is 5.75 Å². The maximum Gasteiger partial charge on any atom is 0.306 e. The predicted molar refractivity (Wildman–Crippen MR) is 135 cm³/mol. The number of piperidine rings is 1. The Hall–Kier alpha value is -3.38. The van der Waals surface area contributed by atoms with Crippen LogP contribution in [0.15, 0.2) is 54.6 Å². The fraction of sp³-hybridized carbons (Fsp3) is 0.379. The minimum atomic E-state index is -0.456. The van der Waals surface area contributed by atoms with Crippen LogP contribution in [0.25, 0.3) is 10.8 Å². The zero-order valence-corrected chi connectivity index (χ0v) is 20.2. The lowest BCUT2D eigenvalue weighted by molar-refractivity contribution is -0.142. The quantitative estimate of drug-likeness (QED) is 0.510. The average Bonchev–Trinajstić information content (AvgIpc) is 3.41. The summed E-state index contributed by atoms with van der Waals surface area (Å²) in [6.45, 7) is 1.83. The van der Waals surface area contributed by atoms with Gasteiger partial charge < -0.3 is 14.4 Å². The normalized spacial score (nSPS) is 22.0. The number of hydrogen-bond donors (Lipinski definition) is 0. The molecule has 2 atom stereocenters. The summed E-state index contributed by atoms with van der Waals surface area (Å²) in [7, 11) is 3.13. The Kier molecular flexibility index (Phi) is 5.49. The zero-order valence-electron chi connectivity index (χ0n) is 20.2. The first-order valence-electron chi connectivity index (χ1n) is 12.4. The van der Waals surface area contributed by atoms with Gasteiger partial charge in [-0.15, -0.1) is 0 Å². The molecule has 6 rings (SSSR count). The summed E-state index contributed by atoms with van der Waals surface area (Å²) in [5.74, 6) is 0.181. The van der Waals surface area contributed by atoms with Crippen LogP contribution in [0.3, 0.4) is 0 Å². The molecular formula is C29H30N2O4. The van der Waals surface area contributed by atoms with Gasteiger partial charge in [0, 0.05) is 36.4 Å². The van der Waals surface area contributed by atoms with Crippen molar-refractivity contribution in [2.45, 2.75) is 43.7 Å². The van der Waals surface area contributed by atoms with Crippen molar-refractivity contribution in [2.75, 3.05) is 32.2 Å². The summed E-state index contributed by atoms with van der Waals surface area (Å²) in [5, 5.41) is 2.61. The van der Waals surface area contributed by atoms with E-state index in [0.29, 0.717) is 6.04 Å². The molecule has 3 aromatic rings. The summed E-state index contributed by atoms with van der Waals surface area (Å²) < 4.78 is 10.7. The number of para-hydroxylation sites is 1. The van der Waals surface area contributed by atoms with Crippen molar-refractivity contribution in [3.05, 3.63) is 71.3 Å². The van der Waals surface area contributed by atoms with Crippen LogP contribution >= 0.6 is 0 Å². The van der Waals surface area contributed by atoms with Gasteiger partial charge in [0.25, 0.3) is 0 Å². The molecule has 0 saturated carbocycles. The lowest BCUT2D eigenvalue weighted by Crippen LogP contribution is -2.47. The van der Waals surface area contributed by atoms with Crippen LogP contribution in [0.5, 0.6) is 5.75 Å². The van der Waals surface area contributed by atoms with Crippen LogP contribution < -0.4 is 9.64 Å².